The first-order valence-electron chi connectivity index (χ1n) is 4.49. The Hall–Kier alpha value is -0.835. The summed E-state index contributed by atoms with van der Waals surface area (Å²) in [7, 11) is 1.80. The van der Waals surface area contributed by atoms with Crippen LogP contribution in [0.3, 0.4) is 0 Å². The van der Waals surface area contributed by atoms with Gasteiger partial charge in [0.15, 0.2) is 0 Å². The van der Waals surface area contributed by atoms with Crippen molar-refractivity contribution < 1.29 is 15.6 Å². The largest absolute Gasteiger partial charge is 0.433 e. The molecular weight excluding hydrogens is 179 g/mol. The van der Waals surface area contributed by atoms with Crippen molar-refractivity contribution in [3.63, 3.8) is 0 Å². The predicted molar refractivity (Wildman–Crippen MR) is 59.1 cm³/mol. The molecule has 1 aromatic rings. The van der Waals surface area contributed by atoms with Crippen molar-refractivity contribution in [3.05, 3.63) is 30.3 Å². The standard InChI is InChI=1S/C10H13BO.2H2O/c1-12-11(10-7-8-10)9-5-3-2-4-6-9;;/h2-6,10H,7-8H2,1H3;2*1H2. The fraction of sp³-hybridized carbons (Fsp3) is 0.400. The van der Waals surface area contributed by atoms with E-state index in [1.807, 2.05) is 6.07 Å². The molecule has 1 aromatic carbocycles. The van der Waals surface area contributed by atoms with Crippen LogP contribution in [0.1, 0.15) is 12.8 Å². The fourth-order valence-corrected chi connectivity index (χ4v) is 1.64. The van der Waals surface area contributed by atoms with E-state index in [-0.39, 0.29) is 11.0 Å². The van der Waals surface area contributed by atoms with E-state index in [0.717, 1.165) is 5.82 Å². The molecule has 0 atom stereocenters. The second kappa shape index (κ2) is 5.80. The summed E-state index contributed by atoms with van der Waals surface area (Å²) in [6, 6.07) is 10.5. The summed E-state index contributed by atoms with van der Waals surface area (Å²) in [5.74, 6) is 0.775. The lowest BCUT2D eigenvalue weighted by atomic mass is 9.56. The van der Waals surface area contributed by atoms with Gasteiger partial charge in [-0.2, -0.15) is 0 Å². The predicted octanol–water partition coefficient (Wildman–Crippen LogP) is 0.0461. The SMILES string of the molecule is COB(c1ccccc1)C1CC1.O.O. The van der Waals surface area contributed by atoms with Crippen LogP contribution in [0.25, 0.3) is 0 Å². The van der Waals surface area contributed by atoms with Crippen molar-refractivity contribution in [2.45, 2.75) is 18.7 Å². The van der Waals surface area contributed by atoms with Gasteiger partial charge in [-0.15, -0.1) is 0 Å². The third-order valence-corrected chi connectivity index (χ3v) is 2.43. The summed E-state index contributed by atoms with van der Waals surface area (Å²) in [6.07, 6.45) is 2.65. The molecule has 1 aliphatic carbocycles. The quantitative estimate of drug-likeness (QED) is 0.629. The van der Waals surface area contributed by atoms with E-state index in [1.54, 1.807) is 7.11 Å². The second-order valence-corrected chi connectivity index (χ2v) is 3.40. The Morgan fingerprint density at radius 1 is 1.14 bits per heavy atom. The summed E-state index contributed by atoms with van der Waals surface area (Å²) in [5, 5.41) is 0. The summed E-state index contributed by atoms with van der Waals surface area (Å²) in [5.41, 5.74) is 1.32. The zero-order valence-electron chi connectivity index (χ0n) is 8.36. The maximum atomic E-state index is 5.46. The van der Waals surface area contributed by atoms with Crippen LogP contribution in [-0.4, -0.2) is 25.0 Å². The minimum atomic E-state index is 0. The highest BCUT2D eigenvalue weighted by atomic mass is 16.4. The van der Waals surface area contributed by atoms with Gasteiger partial charge in [0.1, 0.15) is 0 Å². The van der Waals surface area contributed by atoms with E-state index < -0.39 is 0 Å². The van der Waals surface area contributed by atoms with Crippen molar-refractivity contribution in [1.29, 1.82) is 0 Å². The lowest BCUT2D eigenvalue weighted by molar-refractivity contribution is 0.427. The molecule has 0 unspecified atom stereocenters. The van der Waals surface area contributed by atoms with Gasteiger partial charge in [0.2, 0.25) is 0 Å². The van der Waals surface area contributed by atoms with E-state index in [1.165, 1.54) is 18.3 Å². The molecule has 3 nitrogen and oxygen atoms in total. The highest BCUT2D eigenvalue weighted by Gasteiger charge is 2.36. The minimum absolute atomic E-state index is 0. The maximum Gasteiger partial charge on any atom is 0.329 e. The molecule has 0 spiro atoms. The first kappa shape index (κ1) is 13.2. The van der Waals surface area contributed by atoms with Gasteiger partial charge >= 0.3 is 6.92 Å². The van der Waals surface area contributed by atoms with Crippen molar-refractivity contribution in [2.75, 3.05) is 7.11 Å². The second-order valence-electron chi connectivity index (χ2n) is 3.40. The first-order chi connectivity index (χ1) is 5.92. The zero-order chi connectivity index (χ0) is 8.39. The molecule has 78 valence electrons. The molecule has 0 heterocycles. The average molecular weight is 196 g/mol. The average Bonchev–Trinajstić information content (AvgIpc) is 2.92. The third-order valence-electron chi connectivity index (χ3n) is 2.43. The monoisotopic (exact) mass is 196 g/mol. The summed E-state index contributed by atoms with van der Waals surface area (Å²) < 4.78 is 5.46. The molecule has 4 N–H and O–H groups in total. The topological polar surface area (TPSA) is 72.2 Å². The van der Waals surface area contributed by atoms with Crippen LogP contribution < -0.4 is 5.46 Å². The lowest BCUT2D eigenvalue weighted by Gasteiger charge is -2.09. The van der Waals surface area contributed by atoms with Crippen molar-refractivity contribution >= 4 is 12.4 Å². The molecule has 14 heavy (non-hydrogen) atoms. The Labute approximate surface area is 84.8 Å². The van der Waals surface area contributed by atoms with Crippen LogP contribution in [0.4, 0.5) is 0 Å². The smallest absolute Gasteiger partial charge is 0.329 e. The van der Waals surface area contributed by atoms with E-state index in [9.17, 15) is 0 Å². The highest BCUT2D eigenvalue weighted by molar-refractivity contribution is 6.69. The molecule has 0 aliphatic heterocycles. The molecule has 0 bridgehead atoms. The van der Waals surface area contributed by atoms with Crippen LogP contribution in [0.15, 0.2) is 30.3 Å². The number of benzene rings is 1. The molecular formula is C10H17BO3. The Kier molecular flexibility index (Phi) is 5.46. The van der Waals surface area contributed by atoms with Gasteiger partial charge < -0.3 is 15.6 Å². The number of rotatable bonds is 3. The normalized spacial score (nSPS) is 13.8. The molecule has 1 saturated carbocycles. The Bertz CT molecular complexity index is 249. The van der Waals surface area contributed by atoms with Crippen molar-refractivity contribution in [1.82, 2.24) is 0 Å². The van der Waals surface area contributed by atoms with Crippen molar-refractivity contribution in [2.24, 2.45) is 0 Å². The van der Waals surface area contributed by atoms with Gasteiger partial charge in [0, 0.05) is 7.11 Å². The fourth-order valence-electron chi connectivity index (χ4n) is 1.64. The lowest BCUT2D eigenvalue weighted by Crippen LogP contribution is -2.32. The summed E-state index contributed by atoms with van der Waals surface area (Å²) >= 11 is 0. The molecule has 0 saturated heterocycles. The first-order valence-corrected chi connectivity index (χ1v) is 4.49. The van der Waals surface area contributed by atoms with E-state index >= 15 is 0 Å². The Balaban J connectivity index is 0.000000845. The highest BCUT2D eigenvalue weighted by Crippen LogP contribution is 2.38. The Morgan fingerprint density at radius 2 is 1.71 bits per heavy atom. The Morgan fingerprint density at radius 3 is 2.14 bits per heavy atom. The minimum Gasteiger partial charge on any atom is -0.433 e. The van der Waals surface area contributed by atoms with Crippen LogP contribution in [0.5, 0.6) is 0 Å². The summed E-state index contributed by atoms with van der Waals surface area (Å²) in [6.45, 7) is 0.339. The van der Waals surface area contributed by atoms with Gasteiger partial charge in [-0.25, -0.2) is 0 Å². The molecule has 1 aliphatic rings. The van der Waals surface area contributed by atoms with Crippen molar-refractivity contribution in [3.8, 4) is 0 Å². The molecule has 2 rings (SSSR count). The van der Waals surface area contributed by atoms with Gasteiger partial charge in [-0.05, 0) is 11.3 Å². The molecule has 0 aromatic heterocycles. The number of hydrogen-bond donors (Lipinski definition) is 0. The summed E-state index contributed by atoms with van der Waals surface area (Å²) in [4.78, 5) is 0. The molecule has 1 fully saturated rings. The van der Waals surface area contributed by atoms with Crippen LogP contribution >= 0.6 is 0 Å². The van der Waals surface area contributed by atoms with Gasteiger partial charge in [0.05, 0.1) is 0 Å². The van der Waals surface area contributed by atoms with Gasteiger partial charge in [0.25, 0.3) is 0 Å². The molecule has 0 radical (unpaired) electrons. The van der Waals surface area contributed by atoms with Gasteiger partial charge in [-0.1, -0.05) is 43.2 Å². The molecule has 4 heteroatoms. The zero-order valence-corrected chi connectivity index (χ0v) is 8.36. The van der Waals surface area contributed by atoms with Crippen LogP contribution in [0, 0.1) is 0 Å². The van der Waals surface area contributed by atoms with Crippen LogP contribution in [0.2, 0.25) is 5.82 Å². The van der Waals surface area contributed by atoms with E-state index in [4.69, 9.17) is 4.65 Å². The third kappa shape index (κ3) is 2.84. The molecule has 0 amide bonds. The number of hydrogen-bond acceptors (Lipinski definition) is 1. The maximum absolute atomic E-state index is 5.46. The van der Waals surface area contributed by atoms with Gasteiger partial charge in [-0.3, -0.25) is 0 Å². The van der Waals surface area contributed by atoms with E-state index in [0.29, 0.717) is 6.92 Å². The van der Waals surface area contributed by atoms with Crippen LogP contribution in [-0.2, 0) is 4.65 Å². The van der Waals surface area contributed by atoms with E-state index in [2.05, 4.69) is 24.3 Å².